The van der Waals surface area contributed by atoms with Gasteiger partial charge in [-0.15, -0.1) is 0 Å². The summed E-state index contributed by atoms with van der Waals surface area (Å²) in [5, 5.41) is 1.94. The molecule has 2 rings (SSSR count). The number of ether oxygens (including phenoxy) is 1. The molecule has 0 saturated carbocycles. The van der Waals surface area contributed by atoms with Crippen LogP contribution in [0.4, 0.5) is 0 Å². The van der Waals surface area contributed by atoms with Crippen molar-refractivity contribution in [3.63, 3.8) is 0 Å². The second-order valence-electron chi connectivity index (χ2n) is 4.89. The van der Waals surface area contributed by atoms with Crippen molar-refractivity contribution in [1.82, 2.24) is 0 Å². The zero-order valence-corrected chi connectivity index (χ0v) is 10.5. The summed E-state index contributed by atoms with van der Waals surface area (Å²) in [5.74, 6) is 0. The van der Waals surface area contributed by atoms with Crippen LogP contribution < -0.4 is 0 Å². The topological polar surface area (TPSA) is 9.23 Å². The third-order valence-electron chi connectivity index (χ3n) is 4.18. The molecule has 2 saturated heterocycles. The lowest BCUT2D eigenvalue weighted by Crippen LogP contribution is -2.31. The average Bonchev–Trinajstić information content (AvgIpc) is 2.85. The van der Waals surface area contributed by atoms with E-state index in [0.29, 0.717) is 5.41 Å². The molecule has 0 spiro atoms. The fourth-order valence-corrected chi connectivity index (χ4v) is 5.40. The molecule has 0 amide bonds. The van der Waals surface area contributed by atoms with Crippen LogP contribution in [0.25, 0.3) is 0 Å². The van der Waals surface area contributed by atoms with Crippen molar-refractivity contribution in [3.05, 3.63) is 12.8 Å². The predicted molar refractivity (Wildman–Crippen MR) is 67.1 cm³/mol. The van der Waals surface area contributed by atoms with Crippen molar-refractivity contribution in [1.29, 1.82) is 0 Å². The molecule has 0 aromatic rings. The molecule has 3 unspecified atom stereocenters. The minimum absolute atomic E-state index is 0.651. The van der Waals surface area contributed by atoms with Gasteiger partial charge in [-0.25, -0.2) is 0 Å². The monoisotopic (exact) mass is 226 g/mol. The molecule has 0 aliphatic carbocycles. The molecule has 15 heavy (non-hydrogen) atoms. The van der Waals surface area contributed by atoms with Crippen molar-refractivity contribution in [3.8, 4) is 0 Å². The van der Waals surface area contributed by atoms with Gasteiger partial charge in [0.1, 0.15) is 0 Å². The van der Waals surface area contributed by atoms with Crippen LogP contribution in [0.3, 0.4) is 0 Å². The van der Waals surface area contributed by atoms with Crippen molar-refractivity contribution < 1.29 is 4.74 Å². The van der Waals surface area contributed by atoms with Gasteiger partial charge in [0.15, 0.2) is 0 Å². The normalized spacial score (nSPS) is 38.2. The summed E-state index contributed by atoms with van der Waals surface area (Å²) in [6.07, 6.45) is 9.87. The Bertz CT molecular complexity index is 229. The summed E-state index contributed by atoms with van der Waals surface area (Å²) < 4.78 is 5.22. The quantitative estimate of drug-likeness (QED) is 0.500. The lowest BCUT2D eigenvalue weighted by Gasteiger charge is -2.36. The third-order valence-corrected chi connectivity index (χ3v) is 6.04. The number of hydrogen-bond acceptors (Lipinski definition) is 2. The minimum atomic E-state index is 0.651. The Balaban J connectivity index is 1.84. The van der Waals surface area contributed by atoms with E-state index < -0.39 is 0 Å². The first-order valence-corrected chi connectivity index (χ1v) is 7.13. The van der Waals surface area contributed by atoms with Crippen LogP contribution in [-0.4, -0.2) is 17.1 Å². The first kappa shape index (κ1) is 11.4. The number of fused-ring (bicyclic) bond motifs is 2. The Morgan fingerprint density at radius 1 is 1.53 bits per heavy atom. The maximum absolute atomic E-state index is 5.22. The third kappa shape index (κ3) is 2.20. The van der Waals surface area contributed by atoms with E-state index in [9.17, 15) is 0 Å². The maximum atomic E-state index is 5.22. The van der Waals surface area contributed by atoms with Gasteiger partial charge in [0.25, 0.3) is 0 Å². The van der Waals surface area contributed by atoms with Crippen LogP contribution >= 0.6 is 11.8 Å². The molecule has 2 bridgehead atoms. The van der Waals surface area contributed by atoms with Crippen LogP contribution in [0.5, 0.6) is 0 Å². The van der Waals surface area contributed by atoms with Crippen LogP contribution in [0.2, 0.25) is 0 Å². The molecule has 1 nitrogen and oxygen atoms in total. The first-order valence-electron chi connectivity index (χ1n) is 6.19. The van der Waals surface area contributed by atoms with Gasteiger partial charge in [0.2, 0.25) is 0 Å². The average molecular weight is 226 g/mol. The highest BCUT2D eigenvalue weighted by Crippen LogP contribution is 2.59. The summed E-state index contributed by atoms with van der Waals surface area (Å²) in [4.78, 5) is 0. The zero-order chi connectivity index (χ0) is 10.7. The lowest BCUT2D eigenvalue weighted by molar-refractivity contribution is 0.165. The van der Waals surface area contributed by atoms with Crippen LogP contribution in [0.15, 0.2) is 12.8 Å². The molecule has 0 N–H and O–H groups in total. The highest BCUT2D eigenvalue weighted by molar-refractivity contribution is 8.01. The molecule has 0 aromatic carbocycles. The van der Waals surface area contributed by atoms with Gasteiger partial charge in [-0.05, 0) is 43.9 Å². The molecular weight excluding hydrogens is 204 g/mol. The molecule has 2 heteroatoms. The number of thioether (sulfide) groups is 1. The van der Waals surface area contributed by atoms with E-state index in [1.807, 2.05) is 0 Å². The first-order chi connectivity index (χ1) is 7.30. The Morgan fingerprint density at radius 3 is 2.93 bits per heavy atom. The summed E-state index contributed by atoms with van der Waals surface area (Å²) in [6, 6.07) is 0. The summed E-state index contributed by atoms with van der Waals surface area (Å²) in [5.41, 5.74) is 0.651. The Morgan fingerprint density at radius 2 is 2.40 bits per heavy atom. The van der Waals surface area contributed by atoms with E-state index in [4.69, 9.17) is 4.74 Å². The van der Waals surface area contributed by atoms with Gasteiger partial charge in [0.05, 0.1) is 12.9 Å². The lowest BCUT2D eigenvalue weighted by atomic mass is 9.69. The van der Waals surface area contributed by atoms with Gasteiger partial charge < -0.3 is 4.74 Å². The molecular formula is C13H22OS. The molecule has 0 radical (unpaired) electrons. The molecule has 86 valence electrons. The number of hydrogen-bond donors (Lipinski definition) is 0. The highest BCUT2D eigenvalue weighted by Gasteiger charge is 2.49. The van der Waals surface area contributed by atoms with Crippen molar-refractivity contribution >= 4 is 11.8 Å². The predicted octanol–water partition coefficient (Wildman–Crippen LogP) is 3.99. The van der Waals surface area contributed by atoms with Gasteiger partial charge in [-0.2, -0.15) is 11.8 Å². The Labute approximate surface area is 97.7 Å². The fraction of sp³-hybridized carbons (Fsp3) is 0.846. The zero-order valence-electron chi connectivity index (χ0n) is 9.71. The van der Waals surface area contributed by atoms with Gasteiger partial charge >= 0.3 is 0 Å². The highest BCUT2D eigenvalue weighted by atomic mass is 32.2. The van der Waals surface area contributed by atoms with Crippen LogP contribution in [0, 0.1) is 5.41 Å². The van der Waals surface area contributed by atoms with Crippen LogP contribution in [-0.2, 0) is 4.74 Å². The van der Waals surface area contributed by atoms with Crippen molar-refractivity contribution in [2.75, 3.05) is 6.61 Å². The fourth-order valence-electron chi connectivity index (χ4n) is 3.29. The van der Waals surface area contributed by atoms with Gasteiger partial charge in [-0.3, -0.25) is 0 Å². The van der Waals surface area contributed by atoms with Crippen LogP contribution in [0.1, 0.15) is 45.4 Å². The van der Waals surface area contributed by atoms with Crippen molar-refractivity contribution in [2.24, 2.45) is 5.41 Å². The van der Waals surface area contributed by atoms with Gasteiger partial charge in [-0.1, -0.05) is 13.5 Å². The molecule has 2 heterocycles. The Hall–Kier alpha value is -0.110. The summed E-state index contributed by atoms with van der Waals surface area (Å²) >= 11 is 2.27. The second-order valence-corrected chi connectivity index (χ2v) is 6.39. The second kappa shape index (κ2) is 4.82. The van der Waals surface area contributed by atoms with E-state index in [1.54, 1.807) is 6.26 Å². The minimum Gasteiger partial charge on any atom is -0.502 e. The van der Waals surface area contributed by atoms with E-state index in [0.717, 1.165) is 17.1 Å². The Kier molecular flexibility index (Phi) is 3.65. The molecule has 2 fully saturated rings. The molecule has 2 aliphatic rings. The van der Waals surface area contributed by atoms with Gasteiger partial charge in [0, 0.05) is 10.5 Å². The van der Waals surface area contributed by atoms with E-state index in [-0.39, 0.29) is 0 Å². The van der Waals surface area contributed by atoms with E-state index in [1.165, 1.54) is 38.5 Å². The summed E-state index contributed by atoms with van der Waals surface area (Å²) in [6.45, 7) is 6.80. The standard InChI is InChI=1S/C13H22OS/c1-3-13(8-5-9-14-4-2)10-11-6-7-12(13)15-11/h4,11-12H,2-3,5-10H2,1H3. The molecule has 0 aromatic heterocycles. The molecule has 3 atom stereocenters. The summed E-state index contributed by atoms with van der Waals surface area (Å²) in [7, 11) is 0. The number of rotatable bonds is 6. The van der Waals surface area contributed by atoms with E-state index >= 15 is 0 Å². The largest absolute Gasteiger partial charge is 0.502 e. The SMILES string of the molecule is C=COCCCC1(CC)CC2CCC1S2. The van der Waals surface area contributed by atoms with Crippen molar-refractivity contribution in [2.45, 2.75) is 55.9 Å². The smallest absolute Gasteiger partial charge is 0.0873 e. The maximum Gasteiger partial charge on any atom is 0.0873 e. The van der Waals surface area contributed by atoms with E-state index in [2.05, 4.69) is 25.3 Å². The molecule has 2 aliphatic heterocycles.